The molecule has 1 atom stereocenters. The van der Waals surface area contributed by atoms with Crippen LogP contribution in [0.15, 0.2) is 47.4 Å². The Morgan fingerprint density at radius 2 is 1.80 bits per heavy atom. The van der Waals surface area contributed by atoms with Gasteiger partial charge >= 0.3 is 0 Å². The summed E-state index contributed by atoms with van der Waals surface area (Å²) >= 11 is 1.59. The molecule has 0 aromatic heterocycles. The first-order valence-corrected chi connectivity index (χ1v) is 9.54. The van der Waals surface area contributed by atoms with Crippen molar-refractivity contribution in [2.24, 2.45) is 0 Å². The van der Waals surface area contributed by atoms with Crippen LogP contribution in [0.3, 0.4) is 0 Å². The highest BCUT2D eigenvalue weighted by atomic mass is 32.2. The molecule has 0 unspecified atom stereocenters. The molecule has 0 spiro atoms. The summed E-state index contributed by atoms with van der Waals surface area (Å²) in [6.07, 6.45) is 2.82. The second-order valence-corrected chi connectivity index (χ2v) is 6.84. The number of benzene rings is 2. The molecule has 0 aliphatic carbocycles. The van der Waals surface area contributed by atoms with Gasteiger partial charge in [-0.2, -0.15) is 0 Å². The van der Waals surface area contributed by atoms with E-state index < -0.39 is 0 Å². The first kappa shape index (κ1) is 19.1. The quantitative estimate of drug-likeness (QED) is 0.749. The van der Waals surface area contributed by atoms with Crippen molar-refractivity contribution in [1.29, 1.82) is 0 Å². The van der Waals surface area contributed by atoms with Crippen LogP contribution in [0.5, 0.6) is 0 Å². The minimum absolute atomic E-state index is 0.0803. The summed E-state index contributed by atoms with van der Waals surface area (Å²) in [6, 6.07) is 12.9. The van der Waals surface area contributed by atoms with Crippen molar-refractivity contribution >= 4 is 29.3 Å². The predicted octanol–water partition coefficient (Wildman–Crippen LogP) is 4.50. The third-order valence-electron chi connectivity index (χ3n) is 4.10. The van der Waals surface area contributed by atoms with Crippen molar-refractivity contribution in [2.45, 2.75) is 38.1 Å². The van der Waals surface area contributed by atoms with Crippen LogP contribution in [-0.2, 0) is 0 Å². The van der Waals surface area contributed by atoms with Crippen LogP contribution in [-0.4, -0.2) is 24.1 Å². The molecule has 0 radical (unpaired) electrons. The van der Waals surface area contributed by atoms with Gasteiger partial charge in [-0.25, -0.2) is 0 Å². The molecule has 2 aromatic rings. The Bertz CT molecular complexity index is 774. The van der Waals surface area contributed by atoms with E-state index in [1.54, 1.807) is 36.0 Å². The highest BCUT2D eigenvalue weighted by molar-refractivity contribution is 7.98. The molecule has 2 amide bonds. The minimum atomic E-state index is -0.211. The third-order valence-corrected chi connectivity index (χ3v) is 4.82. The van der Waals surface area contributed by atoms with Crippen LogP contribution in [0, 0.1) is 6.92 Å². The highest BCUT2D eigenvalue weighted by Gasteiger charge is 2.16. The van der Waals surface area contributed by atoms with Gasteiger partial charge in [0.25, 0.3) is 11.8 Å². The lowest BCUT2D eigenvalue weighted by atomic mass is 10.1. The first-order chi connectivity index (χ1) is 12.0. The fourth-order valence-corrected chi connectivity index (χ4v) is 2.80. The van der Waals surface area contributed by atoms with Gasteiger partial charge in [0.15, 0.2) is 0 Å². The summed E-state index contributed by atoms with van der Waals surface area (Å²) < 4.78 is 0. The summed E-state index contributed by atoms with van der Waals surface area (Å²) in [5.41, 5.74) is 2.50. The van der Waals surface area contributed by atoms with Gasteiger partial charge in [-0.3, -0.25) is 9.59 Å². The number of carbonyl (C=O) groups is 2. The molecule has 0 fully saturated rings. The molecule has 0 saturated heterocycles. The zero-order chi connectivity index (χ0) is 18.4. The number of hydrogen-bond acceptors (Lipinski definition) is 3. The molecular weight excluding hydrogens is 332 g/mol. The normalized spacial score (nSPS) is 11.7. The maximum Gasteiger partial charge on any atom is 0.255 e. The zero-order valence-electron chi connectivity index (χ0n) is 15.1. The van der Waals surface area contributed by atoms with Crippen LogP contribution in [0.2, 0.25) is 0 Å². The summed E-state index contributed by atoms with van der Waals surface area (Å²) in [5, 5.41) is 5.82. The summed E-state index contributed by atoms with van der Waals surface area (Å²) in [4.78, 5) is 26.2. The van der Waals surface area contributed by atoms with E-state index in [0.717, 1.165) is 16.9 Å². The number of rotatable bonds is 6. The van der Waals surface area contributed by atoms with E-state index in [1.165, 1.54) is 0 Å². The average Bonchev–Trinajstić information content (AvgIpc) is 2.62. The van der Waals surface area contributed by atoms with Crippen molar-refractivity contribution in [3.8, 4) is 0 Å². The molecule has 132 valence electrons. The summed E-state index contributed by atoms with van der Waals surface area (Å²) in [6.45, 7) is 5.87. The van der Waals surface area contributed by atoms with Crippen molar-refractivity contribution in [1.82, 2.24) is 5.32 Å². The molecule has 4 nitrogen and oxygen atoms in total. The minimum Gasteiger partial charge on any atom is -0.350 e. The van der Waals surface area contributed by atoms with E-state index in [1.807, 2.05) is 45.2 Å². The van der Waals surface area contributed by atoms with Gasteiger partial charge in [-0.15, -0.1) is 11.8 Å². The Hall–Kier alpha value is -2.27. The second kappa shape index (κ2) is 8.72. The second-order valence-electron chi connectivity index (χ2n) is 5.96. The van der Waals surface area contributed by atoms with Gasteiger partial charge in [-0.1, -0.05) is 25.1 Å². The summed E-state index contributed by atoms with van der Waals surface area (Å²) in [5.74, 6) is -0.392. The number of amides is 2. The largest absolute Gasteiger partial charge is 0.350 e. The highest BCUT2D eigenvalue weighted by Crippen LogP contribution is 2.21. The molecule has 0 aliphatic rings. The molecule has 5 heteroatoms. The molecular formula is C20H24N2O2S. The topological polar surface area (TPSA) is 58.2 Å². The number of thioether (sulfide) groups is 1. The van der Waals surface area contributed by atoms with Crippen molar-refractivity contribution in [3.63, 3.8) is 0 Å². The number of para-hydroxylation sites is 1. The van der Waals surface area contributed by atoms with Gasteiger partial charge in [0.2, 0.25) is 0 Å². The van der Waals surface area contributed by atoms with Crippen LogP contribution in [0.25, 0.3) is 0 Å². The number of nitrogens with one attached hydrogen (secondary N) is 2. The summed E-state index contributed by atoms with van der Waals surface area (Å²) in [7, 11) is 0. The molecule has 2 aromatic carbocycles. The SMILES string of the molecule is CC[C@H](C)NC(=O)c1ccccc1NC(=O)c1cc(SC)ccc1C. The van der Waals surface area contributed by atoms with E-state index in [-0.39, 0.29) is 17.9 Å². The molecule has 25 heavy (non-hydrogen) atoms. The van der Waals surface area contributed by atoms with Crippen LogP contribution in [0.1, 0.15) is 46.5 Å². The maximum atomic E-state index is 12.7. The fourth-order valence-electron chi connectivity index (χ4n) is 2.36. The van der Waals surface area contributed by atoms with Crippen LogP contribution >= 0.6 is 11.8 Å². The van der Waals surface area contributed by atoms with E-state index in [9.17, 15) is 9.59 Å². The molecule has 0 heterocycles. The van der Waals surface area contributed by atoms with Crippen molar-refractivity contribution in [3.05, 3.63) is 59.2 Å². The van der Waals surface area contributed by atoms with Crippen LogP contribution in [0.4, 0.5) is 5.69 Å². The number of carbonyl (C=O) groups excluding carboxylic acids is 2. The fraction of sp³-hybridized carbons (Fsp3) is 0.300. The smallest absolute Gasteiger partial charge is 0.255 e. The van der Waals surface area contributed by atoms with Crippen molar-refractivity contribution in [2.75, 3.05) is 11.6 Å². The van der Waals surface area contributed by atoms with Gasteiger partial charge in [0, 0.05) is 16.5 Å². The zero-order valence-corrected chi connectivity index (χ0v) is 15.9. The number of anilines is 1. The molecule has 2 rings (SSSR count). The Balaban J connectivity index is 2.26. The van der Waals surface area contributed by atoms with Crippen molar-refractivity contribution < 1.29 is 9.59 Å². The van der Waals surface area contributed by atoms with Crippen LogP contribution < -0.4 is 10.6 Å². The Morgan fingerprint density at radius 3 is 2.48 bits per heavy atom. The number of aryl methyl sites for hydroxylation is 1. The Morgan fingerprint density at radius 1 is 1.08 bits per heavy atom. The standard InChI is InChI=1S/C20H24N2O2S/c1-5-14(3)21-19(23)16-8-6-7-9-18(16)22-20(24)17-12-15(25-4)11-10-13(17)2/h6-12,14H,5H2,1-4H3,(H,21,23)(H,22,24)/t14-/m0/s1. The maximum absolute atomic E-state index is 12.7. The molecule has 2 N–H and O–H groups in total. The van der Waals surface area contributed by atoms with Gasteiger partial charge in [-0.05, 0) is 56.4 Å². The third kappa shape index (κ3) is 4.86. The Labute approximate surface area is 153 Å². The van der Waals surface area contributed by atoms with E-state index in [2.05, 4.69) is 10.6 Å². The van der Waals surface area contributed by atoms with E-state index in [4.69, 9.17) is 0 Å². The molecule has 0 bridgehead atoms. The lowest BCUT2D eigenvalue weighted by molar-refractivity contribution is 0.0940. The van der Waals surface area contributed by atoms with Gasteiger partial charge in [0.1, 0.15) is 0 Å². The monoisotopic (exact) mass is 356 g/mol. The lowest BCUT2D eigenvalue weighted by Crippen LogP contribution is -2.32. The Kier molecular flexibility index (Phi) is 6.65. The molecule has 0 saturated carbocycles. The van der Waals surface area contributed by atoms with Gasteiger partial charge < -0.3 is 10.6 Å². The van der Waals surface area contributed by atoms with E-state index in [0.29, 0.717) is 16.8 Å². The van der Waals surface area contributed by atoms with Gasteiger partial charge in [0.05, 0.1) is 11.3 Å². The van der Waals surface area contributed by atoms with E-state index >= 15 is 0 Å². The first-order valence-electron chi connectivity index (χ1n) is 8.32. The number of hydrogen-bond donors (Lipinski definition) is 2. The molecule has 0 aliphatic heterocycles. The average molecular weight is 356 g/mol. The predicted molar refractivity (Wildman–Crippen MR) is 105 cm³/mol. The lowest BCUT2D eigenvalue weighted by Gasteiger charge is -2.15.